The fourth-order valence-corrected chi connectivity index (χ4v) is 1.87. The Hall–Kier alpha value is -4.08. The summed E-state index contributed by atoms with van der Waals surface area (Å²) >= 11 is 0. The number of carboxylic acids is 1. The molecule has 0 aliphatic rings. The predicted octanol–water partition coefficient (Wildman–Crippen LogP) is 3.90. The number of carboxylic acid groups (broad SMARTS) is 1. The number of nitro benzene ring substituents is 1. The molecular weight excluding hydrogens is 358 g/mol. The van der Waals surface area contributed by atoms with Gasteiger partial charge in [-0.15, -0.1) is 5.11 Å². The number of esters is 1. The van der Waals surface area contributed by atoms with Gasteiger partial charge in [0.15, 0.2) is 5.69 Å². The number of carbonyl (C=O) groups is 2. The van der Waals surface area contributed by atoms with Gasteiger partial charge < -0.3 is 14.9 Å². The Balaban J connectivity index is 2.32. The van der Waals surface area contributed by atoms with E-state index in [0.29, 0.717) is 0 Å². The molecule has 0 radical (unpaired) electrons. The summed E-state index contributed by atoms with van der Waals surface area (Å²) in [7, 11) is 0. The minimum absolute atomic E-state index is 0.0582. The van der Waals surface area contributed by atoms with Crippen LogP contribution in [0, 0.1) is 10.1 Å². The largest absolute Gasteiger partial charge is 0.507 e. The fraction of sp³-hybridized carbons (Fsp3) is 0.0588. The van der Waals surface area contributed by atoms with Crippen LogP contribution in [0.5, 0.6) is 11.5 Å². The van der Waals surface area contributed by atoms with Gasteiger partial charge in [0.05, 0.1) is 16.7 Å². The Kier molecular flexibility index (Phi) is 5.61. The van der Waals surface area contributed by atoms with Gasteiger partial charge in [-0.05, 0) is 31.2 Å². The van der Waals surface area contributed by atoms with Crippen molar-refractivity contribution in [1.29, 1.82) is 0 Å². The summed E-state index contributed by atoms with van der Waals surface area (Å²) in [6, 6.07) is 7.01. The van der Waals surface area contributed by atoms with Crippen LogP contribution in [-0.2, 0) is 4.79 Å². The number of hydrogen-bond donors (Lipinski definition) is 2. The van der Waals surface area contributed by atoms with Crippen LogP contribution in [0.3, 0.4) is 0 Å². The van der Waals surface area contributed by atoms with Crippen LogP contribution >= 0.6 is 0 Å². The molecular formula is C17H13N3O7. The summed E-state index contributed by atoms with van der Waals surface area (Å²) in [5.74, 6) is -2.62. The number of nitro groups is 1. The van der Waals surface area contributed by atoms with Crippen LogP contribution in [0.4, 0.5) is 17.1 Å². The van der Waals surface area contributed by atoms with Crippen molar-refractivity contribution >= 4 is 29.0 Å². The second kappa shape index (κ2) is 7.87. The highest BCUT2D eigenvalue weighted by Crippen LogP contribution is 2.33. The zero-order valence-electron chi connectivity index (χ0n) is 13.9. The van der Waals surface area contributed by atoms with E-state index < -0.39 is 28.3 Å². The number of benzene rings is 2. The molecule has 0 spiro atoms. The number of carbonyl (C=O) groups excluding carboxylic acids is 1. The maximum absolute atomic E-state index is 11.5. The highest BCUT2D eigenvalue weighted by atomic mass is 16.6. The summed E-state index contributed by atoms with van der Waals surface area (Å²) in [6.07, 6.45) is 0. The molecule has 10 nitrogen and oxygen atoms in total. The zero-order chi connectivity index (χ0) is 20.1. The van der Waals surface area contributed by atoms with Crippen LogP contribution in [0.1, 0.15) is 17.3 Å². The first-order chi connectivity index (χ1) is 12.7. The maximum atomic E-state index is 11.5. The average Bonchev–Trinajstić information content (AvgIpc) is 2.60. The molecule has 0 amide bonds. The van der Waals surface area contributed by atoms with Gasteiger partial charge >= 0.3 is 11.9 Å². The first-order valence-electron chi connectivity index (χ1n) is 7.33. The van der Waals surface area contributed by atoms with Crippen molar-refractivity contribution in [3.8, 4) is 11.5 Å². The predicted molar refractivity (Wildman–Crippen MR) is 92.8 cm³/mol. The van der Waals surface area contributed by atoms with Crippen molar-refractivity contribution in [1.82, 2.24) is 0 Å². The average molecular weight is 371 g/mol. The maximum Gasteiger partial charge on any atom is 0.339 e. The molecule has 0 atom stereocenters. The van der Waals surface area contributed by atoms with Gasteiger partial charge in [0.2, 0.25) is 0 Å². The van der Waals surface area contributed by atoms with E-state index in [0.717, 1.165) is 18.2 Å². The molecule has 0 aliphatic heterocycles. The van der Waals surface area contributed by atoms with Crippen molar-refractivity contribution in [2.75, 3.05) is 0 Å². The Bertz CT molecular complexity index is 982. The minimum atomic E-state index is -1.31. The van der Waals surface area contributed by atoms with Crippen molar-refractivity contribution in [2.24, 2.45) is 10.2 Å². The number of rotatable bonds is 6. The Labute approximate surface area is 152 Å². The lowest BCUT2D eigenvalue weighted by atomic mass is 10.2. The second-order valence-electron chi connectivity index (χ2n) is 5.28. The van der Waals surface area contributed by atoms with Crippen LogP contribution in [0.2, 0.25) is 0 Å². The van der Waals surface area contributed by atoms with E-state index >= 15 is 0 Å². The molecule has 0 aromatic heterocycles. The van der Waals surface area contributed by atoms with Crippen LogP contribution in [0.15, 0.2) is 58.8 Å². The van der Waals surface area contributed by atoms with E-state index in [2.05, 4.69) is 16.8 Å². The van der Waals surface area contributed by atoms with E-state index in [1.54, 1.807) is 0 Å². The number of aromatic hydroxyl groups is 1. The molecule has 0 heterocycles. The van der Waals surface area contributed by atoms with Gasteiger partial charge in [-0.25, -0.2) is 9.59 Å². The van der Waals surface area contributed by atoms with Gasteiger partial charge in [0, 0.05) is 11.6 Å². The molecule has 0 unspecified atom stereocenters. The SMILES string of the molecule is C=C(C)C(=O)Oc1ccc(N=Nc2ccc(C(=O)O)c(O)c2)c([N+](=O)[O-])c1. The second-order valence-corrected chi connectivity index (χ2v) is 5.28. The first-order valence-corrected chi connectivity index (χ1v) is 7.33. The van der Waals surface area contributed by atoms with Gasteiger partial charge in [-0.3, -0.25) is 10.1 Å². The molecule has 0 saturated heterocycles. The lowest BCUT2D eigenvalue weighted by Crippen LogP contribution is -2.08. The van der Waals surface area contributed by atoms with E-state index in [1.807, 2.05) is 0 Å². The molecule has 27 heavy (non-hydrogen) atoms. The highest BCUT2D eigenvalue weighted by Gasteiger charge is 2.17. The molecule has 10 heteroatoms. The first kappa shape index (κ1) is 19.2. The molecule has 2 aromatic carbocycles. The summed E-state index contributed by atoms with van der Waals surface area (Å²) in [5.41, 5.74) is -0.687. The van der Waals surface area contributed by atoms with Gasteiger partial charge in [0.1, 0.15) is 17.1 Å². The molecule has 0 fully saturated rings. The molecule has 0 bridgehead atoms. The number of azo groups is 1. The van der Waals surface area contributed by atoms with E-state index in [-0.39, 0.29) is 28.3 Å². The third-order valence-corrected chi connectivity index (χ3v) is 3.19. The third kappa shape index (κ3) is 4.72. The number of ether oxygens (including phenoxy) is 1. The normalized spacial score (nSPS) is 10.6. The standard InChI is InChI=1S/C17H13N3O7/c1-9(2)17(24)27-11-4-6-13(14(8-11)20(25)26)19-18-10-3-5-12(16(22)23)15(21)7-10/h3-8,21H,1H2,2H3,(H,22,23). The number of hydrogen-bond acceptors (Lipinski definition) is 8. The van der Waals surface area contributed by atoms with E-state index in [9.17, 15) is 24.8 Å². The number of aromatic carboxylic acids is 1. The van der Waals surface area contributed by atoms with Gasteiger partial charge in [0.25, 0.3) is 5.69 Å². The molecule has 0 saturated carbocycles. The topological polar surface area (TPSA) is 152 Å². The number of phenols is 1. The van der Waals surface area contributed by atoms with Gasteiger partial charge in [-0.2, -0.15) is 5.11 Å². The van der Waals surface area contributed by atoms with Crippen molar-refractivity contribution < 1.29 is 29.5 Å². The molecule has 2 aromatic rings. The van der Waals surface area contributed by atoms with E-state index in [1.165, 1.54) is 25.1 Å². The lowest BCUT2D eigenvalue weighted by molar-refractivity contribution is -0.384. The van der Waals surface area contributed by atoms with E-state index in [4.69, 9.17) is 9.84 Å². The minimum Gasteiger partial charge on any atom is -0.507 e. The van der Waals surface area contributed by atoms with Crippen molar-refractivity contribution in [2.45, 2.75) is 6.92 Å². The molecule has 2 rings (SSSR count). The highest BCUT2D eigenvalue weighted by molar-refractivity contribution is 5.91. The number of nitrogens with zero attached hydrogens (tertiary/aromatic N) is 3. The van der Waals surface area contributed by atoms with Crippen LogP contribution < -0.4 is 4.74 Å². The summed E-state index contributed by atoms with van der Waals surface area (Å²) in [5, 5.41) is 37.2. The van der Waals surface area contributed by atoms with Crippen molar-refractivity contribution in [3.63, 3.8) is 0 Å². The summed E-state index contributed by atoms with van der Waals surface area (Å²) in [4.78, 5) is 32.8. The van der Waals surface area contributed by atoms with Gasteiger partial charge in [-0.1, -0.05) is 6.58 Å². The lowest BCUT2D eigenvalue weighted by Gasteiger charge is -2.04. The third-order valence-electron chi connectivity index (χ3n) is 3.19. The zero-order valence-corrected chi connectivity index (χ0v) is 13.9. The smallest absolute Gasteiger partial charge is 0.339 e. The monoisotopic (exact) mass is 371 g/mol. The molecule has 0 aliphatic carbocycles. The Morgan fingerprint density at radius 2 is 1.89 bits per heavy atom. The molecule has 2 N–H and O–H groups in total. The van der Waals surface area contributed by atoms with Crippen LogP contribution in [0.25, 0.3) is 0 Å². The quantitative estimate of drug-likeness (QED) is 0.195. The fourth-order valence-electron chi connectivity index (χ4n) is 1.87. The Morgan fingerprint density at radius 1 is 1.19 bits per heavy atom. The Morgan fingerprint density at radius 3 is 2.44 bits per heavy atom. The van der Waals surface area contributed by atoms with Crippen LogP contribution in [-0.4, -0.2) is 27.1 Å². The summed E-state index contributed by atoms with van der Waals surface area (Å²) < 4.78 is 4.93. The summed E-state index contributed by atoms with van der Waals surface area (Å²) in [6.45, 7) is 4.85. The molecule has 138 valence electrons. The van der Waals surface area contributed by atoms with Crippen molar-refractivity contribution in [3.05, 3.63) is 64.2 Å².